The van der Waals surface area contributed by atoms with E-state index < -0.39 is 38.0 Å². The van der Waals surface area contributed by atoms with E-state index in [9.17, 15) is 24.1 Å². The summed E-state index contributed by atoms with van der Waals surface area (Å²) in [5.74, 6) is -4.04. The van der Waals surface area contributed by atoms with Crippen LogP contribution in [0.15, 0.2) is 30.3 Å². The summed E-state index contributed by atoms with van der Waals surface area (Å²) in [4.78, 5) is 33.3. The molecule has 0 aromatic heterocycles. The molecule has 1 aromatic carbocycles. The molecule has 1 aromatic rings. The van der Waals surface area contributed by atoms with E-state index in [-0.39, 0.29) is 31.6 Å². The van der Waals surface area contributed by atoms with Gasteiger partial charge in [0.1, 0.15) is 0 Å². The molecule has 0 aliphatic carbocycles. The second-order valence-corrected chi connectivity index (χ2v) is 8.29. The van der Waals surface area contributed by atoms with Gasteiger partial charge in [-0.1, -0.05) is 37.3 Å². The van der Waals surface area contributed by atoms with Crippen molar-refractivity contribution in [1.29, 1.82) is 0 Å². The van der Waals surface area contributed by atoms with Crippen molar-refractivity contribution in [3.05, 3.63) is 35.9 Å². The Morgan fingerprint density at radius 2 is 1.81 bits per heavy atom. The van der Waals surface area contributed by atoms with Crippen molar-refractivity contribution in [1.82, 2.24) is 0 Å². The molecule has 9 heteroatoms. The zero-order chi connectivity index (χ0) is 19.6. The van der Waals surface area contributed by atoms with Gasteiger partial charge in [0.15, 0.2) is 6.79 Å². The van der Waals surface area contributed by atoms with Crippen molar-refractivity contribution in [2.75, 3.05) is 13.0 Å². The Bertz CT molecular complexity index is 658. The first-order valence-corrected chi connectivity index (χ1v) is 10.1. The second kappa shape index (κ2) is 10.7. The summed E-state index contributed by atoms with van der Waals surface area (Å²) in [6, 6.07) is 8.72. The van der Waals surface area contributed by atoms with Crippen LogP contribution < -0.4 is 0 Å². The van der Waals surface area contributed by atoms with Crippen LogP contribution >= 0.6 is 7.37 Å². The lowest BCUT2D eigenvalue weighted by atomic mass is 10.1. The third kappa shape index (κ3) is 8.27. The Morgan fingerprint density at radius 3 is 2.35 bits per heavy atom. The van der Waals surface area contributed by atoms with Crippen LogP contribution in [0.1, 0.15) is 31.7 Å². The van der Waals surface area contributed by atoms with Crippen molar-refractivity contribution in [3.63, 3.8) is 0 Å². The first-order chi connectivity index (χ1) is 12.3. The maximum Gasteiger partial charge on any atom is 0.307 e. The Hall–Kier alpha value is -2.18. The van der Waals surface area contributed by atoms with E-state index in [1.807, 2.05) is 0 Å². The summed E-state index contributed by atoms with van der Waals surface area (Å²) in [6.07, 6.45) is -0.764. The maximum atomic E-state index is 13.2. The standard InChI is InChI=1S/C17H23O8P/c1-2-16(20)24-12-25-26(23,10-13-6-4-3-5-7-13)11-14(17(21)22)8-9-15(18)19/h3-7,14H,2,8-12H2,1H3,(H,18,19)(H,21,22). The number of rotatable bonds is 12. The third-order valence-electron chi connectivity index (χ3n) is 3.62. The SMILES string of the molecule is CCC(=O)OCOP(=O)(Cc1ccccc1)CC(CCC(=O)O)C(=O)O. The van der Waals surface area contributed by atoms with Gasteiger partial charge in [0.05, 0.1) is 5.92 Å². The number of ether oxygens (including phenoxy) is 1. The van der Waals surface area contributed by atoms with E-state index >= 15 is 0 Å². The van der Waals surface area contributed by atoms with Crippen LogP contribution in [0.4, 0.5) is 0 Å². The minimum Gasteiger partial charge on any atom is -0.481 e. The topological polar surface area (TPSA) is 127 Å². The van der Waals surface area contributed by atoms with Crippen molar-refractivity contribution in [2.45, 2.75) is 32.3 Å². The Balaban J connectivity index is 2.89. The molecule has 2 N–H and O–H groups in total. The summed E-state index contributed by atoms with van der Waals surface area (Å²) in [7, 11) is -3.53. The zero-order valence-corrected chi connectivity index (χ0v) is 15.4. The number of carbonyl (C=O) groups excluding carboxylic acids is 1. The largest absolute Gasteiger partial charge is 0.481 e. The minimum atomic E-state index is -3.53. The van der Waals surface area contributed by atoms with E-state index in [0.717, 1.165) is 0 Å². The molecule has 0 radical (unpaired) electrons. The molecule has 0 heterocycles. The highest BCUT2D eigenvalue weighted by Gasteiger charge is 2.32. The lowest BCUT2D eigenvalue weighted by Crippen LogP contribution is -2.21. The molecule has 0 bridgehead atoms. The van der Waals surface area contributed by atoms with Gasteiger partial charge in [0, 0.05) is 25.2 Å². The van der Waals surface area contributed by atoms with E-state index in [4.69, 9.17) is 14.4 Å². The number of hydrogen-bond acceptors (Lipinski definition) is 6. The van der Waals surface area contributed by atoms with Crippen LogP contribution in [0.2, 0.25) is 0 Å². The molecule has 0 amide bonds. The number of hydrogen-bond donors (Lipinski definition) is 2. The summed E-state index contributed by atoms with van der Waals surface area (Å²) in [5, 5.41) is 18.1. The minimum absolute atomic E-state index is 0.0334. The summed E-state index contributed by atoms with van der Waals surface area (Å²) >= 11 is 0. The van der Waals surface area contributed by atoms with Crippen molar-refractivity contribution in [3.8, 4) is 0 Å². The van der Waals surface area contributed by atoms with Crippen LogP contribution in [0, 0.1) is 5.92 Å². The van der Waals surface area contributed by atoms with Gasteiger partial charge in [0.25, 0.3) is 0 Å². The van der Waals surface area contributed by atoms with E-state index in [1.54, 1.807) is 37.3 Å². The number of carbonyl (C=O) groups is 3. The van der Waals surface area contributed by atoms with Gasteiger partial charge in [0.2, 0.25) is 7.37 Å². The average Bonchev–Trinajstić information content (AvgIpc) is 2.58. The number of aliphatic carboxylic acids is 2. The van der Waals surface area contributed by atoms with Crippen LogP contribution in [0.5, 0.6) is 0 Å². The lowest BCUT2D eigenvalue weighted by molar-refractivity contribution is -0.150. The first kappa shape index (κ1) is 21.9. The van der Waals surface area contributed by atoms with Gasteiger partial charge < -0.3 is 14.9 Å². The number of benzene rings is 1. The Kier molecular flexibility index (Phi) is 9.02. The van der Waals surface area contributed by atoms with Crippen molar-refractivity contribution >= 4 is 25.3 Å². The third-order valence-corrected chi connectivity index (χ3v) is 6.04. The van der Waals surface area contributed by atoms with Crippen molar-refractivity contribution in [2.24, 2.45) is 5.92 Å². The maximum absolute atomic E-state index is 13.2. The van der Waals surface area contributed by atoms with Gasteiger partial charge >= 0.3 is 17.9 Å². The van der Waals surface area contributed by atoms with Crippen molar-refractivity contribution < 1.29 is 38.4 Å². The Morgan fingerprint density at radius 1 is 1.15 bits per heavy atom. The Labute approximate surface area is 151 Å². The van der Waals surface area contributed by atoms with E-state index in [2.05, 4.69) is 0 Å². The lowest BCUT2D eigenvalue weighted by Gasteiger charge is -2.22. The fourth-order valence-electron chi connectivity index (χ4n) is 2.24. The summed E-state index contributed by atoms with van der Waals surface area (Å²) in [5.41, 5.74) is 0.681. The van der Waals surface area contributed by atoms with E-state index in [0.29, 0.717) is 5.56 Å². The van der Waals surface area contributed by atoms with Gasteiger partial charge in [-0.25, -0.2) is 0 Å². The van der Waals surface area contributed by atoms with Gasteiger partial charge in [-0.05, 0) is 12.0 Å². The van der Waals surface area contributed by atoms with Crippen LogP contribution in [-0.4, -0.2) is 41.1 Å². The molecule has 0 aliphatic rings. The molecule has 2 unspecified atom stereocenters. The predicted octanol–water partition coefficient (Wildman–Crippen LogP) is 2.96. The molecule has 0 fully saturated rings. The zero-order valence-electron chi connectivity index (χ0n) is 14.5. The normalized spacial score (nSPS) is 14.2. The smallest absolute Gasteiger partial charge is 0.307 e. The quantitative estimate of drug-likeness (QED) is 0.319. The molecule has 26 heavy (non-hydrogen) atoms. The molecule has 8 nitrogen and oxygen atoms in total. The highest BCUT2D eigenvalue weighted by atomic mass is 31.2. The molecule has 0 saturated carbocycles. The van der Waals surface area contributed by atoms with Gasteiger partial charge in [-0.15, -0.1) is 0 Å². The fraction of sp³-hybridized carbons (Fsp3) is 0.471. The average molecular weight is 386 g/mol. The number of carboxylic acid groups (broad SMARTS) is 2. The molecule has 1 rings (SSSR count). The highest BCUT2D eigenvalue weighted by Crippen LogP contribution is 2.52. The summed E-state index contributed by atoms with van der Waals surface area (Å²) < 4.78 is 23.3. The molecular formula is C17H23O8P. The fourth-order valence-corrected chi connectivity index (χ4v) is 4.59. The highest BCUT2D eigenvalue weighted by molar-refractivity contribution is 7.58. The second-order valence-electron chi connectivity index (χ2n) is 5.73. The molecule has 0 spiro atoms. The number of carboxylic acids is 2. The van der Waals surface area contributed by atoms with Gasteiger partial charge in [-0.3, -0.25) is 23.5 Å². The molecule has 144 valence electrons. The monoisotopic (exact) mass is 386 g/mol. The molecular weight excluding hydrogens is 363 g/mol. The molecule has 0 saturated heterocycles. The van der Waals surface area contributed by atoms with Crippen LogP contribution in [0.25, 0.3) is 0 Å². The predicted molar refractivity (Wildman–Crippen MR) is 93.0 cm³/mol. The van der Waals surface area contributed by atoms with E-state index in [1.165, 1.54) is 0 Å². The van der Waals surface area contributed by atoms with Crippen LogP contribution in [0.3, 0.4) is 0 Å². The van der Waals surface area contributed by atoms with Gasteiger partial charge in [-0.2, -0.15) is 0 Å². The molecule has 0 aliphatic heterocycles. The van der Waals surface area contributed by atoms with Crippen LogP contribution in [-0.2, 0) is 34.4 Å². The number of esters is 1. The first-order valence-electron chi connectivity index (χ1n) is 8.12. The summed E-state index contributed by atoms with van der Waals surface area (Å²) in [6.45, 7) is 1.06. The molecule has 2 atom stereocenters.